The minimum absolute atomic E-state index is 0.0587. The van der Waals surface area contributed by atoms with Crippen molar-refractivity contribution in [3.05, 3.63) is 35.9 Å². The molecular weight excluding hydrogens is 254 g/mol. The molecule has 0 aromatic heterocycles. The third-order valence-corrected chi connectivity index (χ3v) is 4.17. The maximum Gasteiger partial charge on any atom is 0.323 e. The van der Waals surface area contributed by atoms with E-state index in [1.54, 1.807) is 0 Å². The lowest BCUT2D eigenvalue weighted by molar-refractivity contribution is -0.155. The van der Waals surface area contributed by atoms with Gasteiger partial charge in [0.15, 0.2) is 0 Å². The number of ether oxygens (including phenoxy) is 2. The molecule has 4 heteroatoms. The first kappa shape index (κ1) is 13.6. The molecule has 0 N–H and O–H groups in total. The highest BCUT2D eigenvalue weighted by atomic mass is 16.5. The summed E-state index contributed by atoms with van der Waals surface area (Å²) in [5.74, 6) is -0.108. The number of rotatable bonds is 3. The van der Waals surface area contributed by atoms with Gasteiger partial charge in [0.25, 0.3) is 0 Å². The molecule has 0 saturated carbocycles. The van der Waals surface area contributed by atoms with E-state index in [9.17, 15) is 4.79 Å². The highest BCUT2D eigenvalue weighted by Gasteiger charge is 2.45. The molecule has 0 spiro atoms. The minimum Gasteiger partial charge on any atom is -0.465 e. The normalized spacial score (nSPS) is 29.9. The molecule has 0 amide bonds. The predicted octanol–water partition coefficient (Wildman–Crippen LogP) is 2.50. The van der Waals surface area contributed by atoms with Gasteiger partial charge in [-0.2, -0.15) is 0 Å². The SMILES string of the molecule is CCOC(=O)[C@@H]1CCCC2OC[C@@H](c3ccccc3)N21. The fourth-order valence-electron chi connectivity index (χ4n) is 3.28. The van der Waals surface area contributed by atoms with Crippen LogP contribution in [-0.4, -0.2) is 36.4 Å². The van der Waals surface area contributed by atoms with Crippen molar-refractivity contribution in [2.45, 2.75) is 44.5 Å². The lowest BCUT2D eigenvalue weighted by atomic mass is 9.97. The van der Waals surface area contributed by atoms with Crippen molar-refractivity contribution < 1.29 is 14.3 Å². The largest absolute Gasteiger partial charge is 0.465 e. The molecule has 1 aromatic carbocycles. The third-order valence-electron chi connectivity index (χ3n) is 4.17. The zero-order valence-corrected chi connectivity index (χ0v) is 11.8. The van der Waals surface area contributed by atoms with Crippen LogP contribution < -0.4 is 0 Å². The third kappa shape index (κ3) is 2.45. The Balaban J connectivity index is 1.84. The molecule has 4 nitrogen and oxygen atoms in total. The summed E-state index contributed by atoms with van der Waals surface area (Å²) in [5.41, 5.74) is 1.21. The second-order valence-corrected chi connectivity index (χ2v) is 5.36. The zero-order valence-electron chi connectivity index (χ0n) is 11.8. The van der Waals surface area contributed by atoms with Crippen LogP contribution in [0.1, 0.15) is 37.8 Å². The van der Waals surface area contributed by atoms with Crippen LogP contribution in [0.4, 0.5) is 0 Å². The first-order valence-electron chi connectivity index (χ1n) is 7.42. The van der Waals surface area contributed by atoms with Crippen molar-refractivity contribution in [1.82, 2.24) is 4.90 Å². The Morgan fingerprint density at radius 3 is 2.90 bits per heavy atom. The van der Waals surface area contributed by atoms with E-state index in [1.165, 1.54) is 5.56 Å². The molecule has 3 rings (SSSR count). The van der Waals surface area contributed by atoms with Crippen molar-refractivity contribution in [2.24, 2.45) is 0 Å². The summed E-state index contributed by atoms with van der Waals surface area (Å²) in [7, 11) is 0. The van der Waals surface area contributed by atoms with E-state index in [0.29, 0.717) is 13.2 Å². The maximum absolute atomic E-state index is 12.2. The molecule has 108 valence electrons. The van der Waals surface area contributed by atoms with Gasteiger partial charge in [-0.15, -0.1) is 0 Å². The molecule has 2 heterocycles. The van der Waals surface area contributed by atoms with Gasteiger partial charge in [0.2, 0.25) is 0 Å². The number of piperidine rings is 1. The highest BCUT2D eigenvalue weighted by molar-refractivity contribution is 5.76. The Morgan fingerprint density at radius 1 is 1.35 bits per heavy atom. The molecule has 0 radical (unpaired) electrons. The molecule has 2 aliphatic heterocycles. The lowest BCUT2D eigenvalue weighted by Crippen LogP contribution is -2.49. The van der Waals surface area contributed by atoms with Gasteiger partial charge < -0.3 is 9.47 Å². The molecule has 0 aliphatic carbocycles. The summed E-state index contributed by atoms with van der Waals surface area (Å²) in [6.45, 7) is 2.95. The maximum atomic E-state index is 12.2. The van der Waals surface area contributed by atoms with Crippen molar-refractivity contribution in [3.8, 4) is 0 Å². The molecular formula is C16H21NO3. The summed E-state index contributed by atoms with van der Waals surface area (Å²) >= 11 is 0. The minimum atomic E-state index is -0.165. The number of fused-ring (bicyclic) bond motifs is 1. The van der Waals surface area contributed by atoms with Gasteiger partial charge in [-0.05, 0) is 31.7 Å². The van der Waals surface area contributed by atoms with Gasteiger partial charge in [-0.1, -0.05) is 30.3 Å². The molecule has 2 aliphatic rings. The van der Waals surface area contributed by atoms with E-state index >= 15 is 0 Å². The van der Waals surface area contributed by atoms with Crippen LogP contribution in [0.25, 0.3) is 0 Å². The number of hydrogen-bond acceptors (Lipinski definition) is 4. The molecule has 2 fully saturated rings. The Hall–Kier alpha value is -1.39. The van der Waals surface area contributed by atoms with Gasteiger partial charge in [0.05, 0.1) is 19.3 Å². The summed E-state index contributed by atoms with van der Waals surface area (Å²) in [4.78, 5) is 14.4. The van der Waals surface area contributed by atoms with Gasteiger partial charge in [0, 0.05) is 0 Å². The summed E-state index contributed by atoms with van der Waals surface area (Å²) in [6.07, 6.45) is 2.94. The Kier molecular flexibility index (Phi) is 4.03. The Labute approximate surface area is 119 Å². The summed E-state index contributed by atoms with van der Waals surface area (Å²) in [6, 6.07) is 10.3. The van der Waals surface area contributed by atoms with Crippen molar-refractivity contribution in [1.29, 1.82) is 0 Å². The van der Waals surface area contributed by atoms with E-state index in [1.807, 2.05) is 25.1 Å². The zero-order chi connectivity index (χ0) is 13.9. The van der Waals surface area contributed by atoms with Crippen LogP contribution in [-0.2, 0) is 14.3 Å². The van der Waals surface area contributed by atoms with Crippen LogP contribution in [0.15, 0.2) is 30.3 Å². The number of esters is 1. The van der Waals surface area contributed by atoms with Crippen LogP contribution in [0.2, 0.25) is 0 Å². The standard InChI is InChI=1S/C16H21NO3/c1-2-19-16(18)13-9-6-10-15-17(13)14(11-20-15)12-7-4-3-5-8-12/h3-5,7-8,13-15H,2,6,9-11H2,1H3/t13-,14-,15?/m0/s1. The first-order chi connectivity index (χ1) is 9.81. The Bertz CT molecular complexity index is 462. The number of carbonyl (C=O) groups is 1. The number of hydrogen-bond donors (Lipinski definition) is 0. The number of benzene rings is 1. The molecule has 1 aromatic rings. The molecule has 1 unspecified atom stereocenters. The fourth-order valence-corrected chi connectivity index (χ4v) is 3.28. The topological polar surface area (TPSA) is 38.8 Å². The van der Waals surface area contributed by atoms with Crippen LogP contribution in [0.5, 0.6) is 0 Å². The van der Waals surface area contributed by atoms with E-state index in [0.717, 1.165) is 19.3 Å². The van der Waals surface area contributed by atoms with E-state index in [2.05, 4.69) is 17.0 Å². The summed E-state index contributed by atoms with van der Waals surface area (Å²) in [5, 5.41) is 0. The monoisotopic (exact) mass is 275 g/mol. The lowest BCUT2D eigenvalue weighted by Gasteiger charge is -2.38. The van der Waals surface area contributed by atoms with Gasteiger partial charge in [-0.3, -0.25) is 9.69 Å². The van der Waals surface area contributed by atoms with Gasteiger partial charge in [0.1, 0.15) is 12.3 Å². The smallest absolute Gasteiger partial charge is 0.323 e. The fraction of sp³-hybridized carbons (Fsp3) is 0.562. The van der Waals surface area contributed by atoms with Crippen LogP contribution in [0.3, 0.4) is 0 Å². The second kappa shape index (κ2) is 5.94. The summed E-state index contributed by atoms with van der Waals surface area (Å²) < 4.78 is 11.1. The number of carbonyl (C=O) groups excluding carboxylic acids is 1. The highest BCUT2D eigenvalue weighted by Crippen LogP contribution is 2.38. The van der Waals surface area contributed by atoms with Crippen molar-refractivity contribution in [3.63, 3.8) is 0 Å². The second-order valence-electron chi connectivity index (χ2n) is 5.36. The van der Waals surface area contributed by atoms with Gasteiger partial charge >= 0.3 is 5.97 Å². The molecule has 3 atom stereocenters. The van der Waals surface area contributed by atoms with Crippen molar-refractivity contribution in [2.75, 3.05) is 13.2 Å². The molecule has 0 bridgehead atoms. The van der Waals surface area contributed by atoms with Crippen LogP contribution in [0, 0.1) is 0 Å². The quantitative estimate of drug-likeness (QED) is 0.795. The van der Waals surface area contributed by atoms with E-state index < -0.39 is 0 Å². The molecule has 20 heavy (non-hydrogen) atoms. The van der Waals surface area contributed by atoms with Gasteiger partial charge in [-0.25, -0.2) is 0 Å². The average Bonchev–Trinajstić information content (AvgIpc) is 2.92. The Morgan fingerprint density at radius 2 is 2.15 bits per heavy atom. The first-order valence-corrected chi connectivity index (χ1v) is 7.42. The van der Waals surface area contributed by atoms with Crippen LogP contribution >= 0.6 is 0 Å². The molecule has 2 saturated heterocycles. The number of nitrogens with zero attached hydrogens (tertiary/aromatic N) is 1. The average molecular weight is 275 g/mol. The van der Waals surface area contributed by atoms with E-state index in [-0.39, 0.29) is 24.3 Å². The predicted molar refractivity (Wildman–Crippen MR) is 75.0 cm³/mol. The van der Waals surface area contributed by atoms with E-state index in [4.69, 9.17) is 9.47 Å². The van der Waals surface area contributed by atoms with Crippen molar-refractivity contribution >= 4 is 5.97 Å².